The van der Waals surface area contributed by atoms with Crippen molar-refractivity contribution in [3.63, 3.8) is 0 Å². The molecule has 2 heterocycles. The Labute approximate surface area is 184 Å². The summed E-state index contributed by atoms with van der Waals surface area (Å²) in [5, 5.41) is 4.67. The summed E-state index contributed by atoms with van der Waals surface area (Å²) in [6, 6.07) is 13.1. The van der Waals surface area contributed by atoms with Crippen LogP contribution in [-0.2, 0) is 16.6 Å². The van der Waals surface area contributed by atoms with Crippen molar-refractivity contribution >= 4 is 44.4 Å². The van der Waals surface area contributed by atoms with Gasteiger partial charge in [0.05, 0.1) is 21.2 Å². The fourth-order valence-corrected chi connectivity index (χ4v) is 5.99. The lowest BCUT2D eigenvalue weighted by molar-refractivity contribution is 0.0950. The second kappa shape index (κ2) is 9.65. The number of thiophene rings is 2. The number of hydrogen-bond donors (Lipinski definition) is 1. The predicted octanol–water partition coefficient (Wildman–Crippen LogP) is 4.00. The van der Waals surface area contributed by atoms with E-state index in [1.54, 1.807) is 26.0 Å². The summed E-state index contributed by atoms with van der Waals surface area (Å²) in [5.74, 6) is -0.320. The number of nitrogens with one attached hydrogen (secondary N) is 1. The molecule has 3 aromatic rings. The third kappa shape index (κ3) is 4.86. The molecule has 0 saturated heterocycles. The summed E-state index contributed by atoms with van der Waals surface area (Å²) in [6.45, 7) is 4.64. The van der Waals surface area contributed by atoms with Crippen LogP contribution in [0.15, 0.2) is 58.8 Å². The molecule has 158 valence electrons. The molecule has 0 radical (unpaired) electrons. The Bertz CT molecular complexity index is 1110. The van der Waals surface area contributed by atoms with E-state index >= 15 is 0 Å². The van der Waals surface area contributed by atoms with Gasteiger partial charge in [-0.2, -0.15) is 4.31 Å². The fraction of sp³-hybridized carbons (Fsp3) is 0.238. The normalized spacial score (nSPS) is 11.6. The fourth-order valence-electron chi connectivity index (χ4n) is 2.88. The van der Waals surface area contributed by atoms with Crippen molar-refractivity contribution < 1.29 is 18.0 Å². The molecule has 2 aromatic heterocycles. The van der Waals surface area contributed by atoms with Crippen LogP contribution in [0.3, 0.4) is 0 Å². The van der Waals surface area contributed by atoms with Crippen molar-refractivity contribution in [2.24, 2.45) is 0 Å². The number of hydrogen-bond acceptors (Lipinski definition) is 6. The van der Waals surface area contributed by atoms with Crippen LogP contribution in [0, 0.1) is 0 Å². The van der Waals surface area contributed by atoms with Gasteiger partial charge in [0.15, 0.2) is 0 Å². The highest BCUT2D eigenvalue weighted by molar-refractivity contribution is 7.89. The molecule has 0 aliphatic rings. The first kappa shape index (κ1) is 22.4. The molecular formula is C21H22N2O4S3. The Morgan fingerprint density at radius 1 is 0.967 bits per heavy atom. The average molecular weight is 463 g/mol. The van der Waals surface area contributed by atoms with Crippen molar-refractivity contribution in [2.75, 3.05) is 13.1 Å². The minimum absolute atomic E-state index is 0.0161. The van der Waals surface area contributed by atoms with Crippen LogP contribution in [-0.4, -0.2) is 37.5 Å². The van der Waals surface area contributed by atoms with Crippen molar-refractivity contribution in [3.8, 4) is 0 Å². The van der Waals surface area contributed by atoms with E-state index in [9.17, 15) is 18.0 Å². The summed E-state index contributed by atoms with van der Waals surface area (Å²) in [6.07, 6.45) is 0. The molecule has 30 heavy (non-hydrogen) atoms. The molecule has 1 aromatic carbocycles. The maximum Gasteiger partial charge on any atom is 0.251 e. The summed E-state index contributed by atoms with van der Waals surface area (Å²) in [4.78, 5) is 27.1. The molecule has 9 heteroatoms. The van der Waals surface area contributed by atoms with Crippen molar-refractivity contribution in [2.45, 2.75) is 25.3 Å². The van der Waals surface area contributed by atoms with Gasteiger partial charge < -0.3 is 5.32 Å². The number of ketones is 1. The van der Waals surface area contributed by atoms with Crippen LogP contribution in [0.1, 0.15) is 43.6 Å². The van der Waals surface area contributed by atoms with Gasteiger partial charge in [0.2, 0.25) is 15.8 Å². The van der Waals surface area contributed by atoms with E-state index in [2.05, 4.69) is 5.32 Å². The van der Waals surface area contributed by atoms with E-state index < -0.39 is 10.0 Å². The molecule has 0 atom stereocenters. The Morgan fingerprint density at radius 3 is 2.27 bits per heavy atom. The summed E-state index contributed by atoms with van der Waals surface area (Å²) >= 11 is 2.75. The van der Waals surface area contributed by atoms with Crippen LogP contribution in [0.2, 0.25) is 0 Å². The van der Waals surface area contributed by atoms with E-state index in [1.807, 2.05) is 17.5 Å². The number of carbonyl (C=O) groups is 2. The Kier molecular flexibility index (Phi) is 7.19. The Hall–Kier alpha value is -2.33. The summed E-state index contributed by atoms with van der Waals surface area (Å²) in [7, 11) is -3.55. The number of amides is 1. The van der Waals surface area contributed by atoms with Gasteiger partial charge in [-0.15, -0.1) is 22.7 Å². The van der Waals surface area contributed by atoms with Gasteiger partial charge in [-0.3, -0.25) is 9.59 Å². The van der Waals surface area contributed by atoms with Gasteiger partial charge in [0.1, 0.15) is 0 Å². The second-order valence-corrected chi connectivity index (χ2v) is 10.4. The lowest BCUT2D eigenvalue weighted by atomic mass is 10.2. The second-order valence-electron chi connectivity index (χ2n) is 6.37. The molecule has 6 nitrogen and oxygen atoms in total. The number of carbonyl (C=O) groups excluding carboxylic acids is 2. The maximum absolute atomic E-state index is 12.5. The van der Waals surface area contributed by atoms with Crippen LogP contribution in [0.25, 0.3) is 0 Å². The van der Waals surface area contributed by atoms with Crippen molar-refractivity contribution in [1.29, 1.82) is 0 Å². The van der Waals surface area contributed by atoms with Gasteiger partial charge in [0.25, 0.3) is 5.91 Å². The first-order chi connectivity index (χ1) is 14.4. The first-order valence-corrected chi connectivity index (χ1v) is 12.6. The first-order valence-electron chi connectivity index (χ1n) is 9.42. The van der Waals surface area contributed by atoms with Gasteiger partial charge in [-0.25, -0.2) is 8.42 Å². The zero-order chi connectivity index (χ0) is 21.7. The molecule has 0 aliphatic carbocycles. The van der Waals surface area contributed by atoms with Crippen LogP contribution in [0.5, 0.6) is 0 Å². The third-order valence-corrected chi connectivity index (χ3v) is 8.53. The zero-order valence-corrected chi connectivity index (χ0v) is 19.1. The molecular weight excluding hydrogens is 440 g/mol. The van der Waals surface area contributed by atoms with E-state index in [1.165, 1.54) is 51.2 Å². The van der Waals surface area contributed by atoms with Crippen molar-refractivity contribution in [1.82, 2.24) is 9.62 Å². The van der Waals surface area contributed by atoms with E-state index in [4.69, 9.17) is 0 Å². The highest BCUT2D eigenvalue weighted by atomic mass is 32.2. The number of rotatable bonds is 9. The molecule has 1 amide bonds. The van der Waals surface area contributed by atoms with Gasteiger partial charge >= 0.3 is 0 Å². The number of benzene rings is 1. The Balaban J connectivity index is 1.62. The smallest absolute Gasteiger partial charge is 0.251 e. The van der Waals surface area contributed by atoms with Gasteiger partial charge in [0, 0.05) is 23.5 Å². The number of nitrogens with zero attached hydrogens (tertiary/aromatic N) is 1. The summed E-state index contributed by atoms with van der Waals surface area (Å²) in [5.41, 5.74) is 0.375. The van der Waals surface area contributed by atoms with Crippen LogP contribution < -0.4 is 5.32 Å². The minimum atomic E-state index is -3.55. The van der Waals surface area contributed by atoms with E-state index in [0.29, 0.717) is 35.0 Å². The molecule has 0 fully saturated rings. The SMILES string of the molecule is CCN(CC)S(=O)(=O)c1ccc(C(=O)NCc2ccc(C(=O)c3cccs3)s2)cc1. The third-order valence-electron chi connectivity index (χ3n) is 4.51. The molecule has 0 saturated carbocycles. The Morgan fingerprint density at radius 2 is 1.67 bits per heavy atom. The molecule has 0 aliphatic heterocycles. The molecule has 0 bridgehead atoms. The van der Waals surface area contributed by atoms with Gasteiger partial charge in [-0.1, -0.05) is 19.9 Å². The topological polar surface area (TPSA) is 83.6 Å². The molecule has 1 N–H and O–H groups in total. The maximum atomic E-state index is 12.5. The number of sulfonamides is 1. The highest BCUT2D eigenvalue weighted by Crippen LogP contribution is 2.22. The van der Waals surface area contributed by atoms with Crippen molar-refractivity contribution in [3.05, 3.63) is 74.1 Å². The predicted molar refractivity (Wildman–Crippen MR) is 120 cm³/mol. The van der Waals surface area contributed by atoms with E-state index in [-0.39, 0.29) is 16.6 Å². The van der Waals surface area contributed by atoms with Crippen LogP contribution >= 0.6 is 22.7 Å². The minimum Gasteiger partial charge on any atom is -0.347 e. The molecule has 3 rings (SSSR count). The highest BCUT2D eigenvalue weighted by Gasteiger charge is 2.21. The molecule has 0 unspecified atom stereocenters. The van der Waals surface area contributed by atoms with Crippen LogP contribution in [0.4, 0.5) is 0 Å². The standard InChI is InChI=1S/C21H22N2O4S3/c1-3-23(4-2)30(26,27)17-10-7-15(8-11-17)21(25)22-14-16-9-12-19(29-16)20(24)18-6-5-13-28-18/h5-13H,3-4,14H2,1-2H3,(H,22,25). The van der Waals surface area contributed by atoms with Gasteiger partial charge in [-0.05, 0) is 47.8 Å². The monoisotopic (exact) mass is 462 g/mol. The zero-order valence-electron chi connectivity index (χ0n) is 16.6. The lowest BCUT2D eigenvalue weighted by Crippen LogP contribution is -2.30. The quantitative estimate of drug-likeness (QED) is 0.487. The largest absolute Gasteiger partial charge is 0.347 e. The summed E-state index contributed by atoms with van der Waals surface area (Å²) < 4.78 is 26.4. The lowest BCUT2D eigenvalue weighted by Gasteiger charge is -2.18. The average Bonchev–Trinajstić information content (AvgIpc) is 3.44. The van der Waals surface area contributed by atoms with E-state index in [0.717, 1.165) is 4.88 Å². The molecule has 0 spiro atoms.